The number of hydrogen-bond acceptors (Lipinski definition) is 3. The van der Waals surface area contributed by atoms with Gasteiger partial charge in [0.2, 0.25) is 0 Å². The van der Waals surface area contributed by atoms with Gasteiger partial charge in [0.15, 0.2) is 0 Å². The fourth-order valence-electron chi connectivity index (χ4n) is 1.36. The van der Waals surface area contributed by atoms with Gasteiger partial charge in [-0.2, -0.15) is 0 Å². The van der Waals surface area contributed by atoms with E-state index in [4.69, 9.17) is 9.84 Å². The van der Waals surface area contributed by atoms with Crippen LogP contribution in [0.2, 0.25) is 0 Å². The molecule has 0 aliphatic carbocycles. The number of rotatable bonds is 2. The summed E-state index contributed by atoms with van der Waals surface area (Å²) in [5, 5.41) is 8.96. The first kappa shape index (κ1) is 10.0. The summed E-state index contributed by atoms with van der Waals surface area (Å²) in [6.45, 7) is 4.83. The van der Waals surface area contributed by atoms with E-state index in [2.05, 4.69) is 0 Å². The predicted molar refractivity (Wildman–Crippen MR) is 45.1 cm³/mol. The zero-order valence-corrected chi connectivity index (χ0v) is 8.09. The smallest absolute Gasteiger partial charge is 0.313 e. The van der Waals surface area contributed by atoms with Gasteiger partial charge in [-0.25, -0.2) is 0 Å². The number of cyclic esters (lactones) is 1. The van der Waals surface area contributed by atoms with Gasteiger partial charge >= 0.3 is 11.9 Å². The van der Waals surface area contributed by atoms with E-state index >= 15 is 0 Å². The molecule has 0 bridgehead atoms. The highest BCUT2D eigenvalue weighted by atomic mass is 16.6. The Morgan fingerprint density at radius 1 is 1.62 bits per heavy atom. The van der Waals surface area contributed by atoms with Crippen molar-refractivity contribution in [1.29, 1.82) is 0 Å². The molecule has 1 saturated heterocycles. The van der Waals surface area contributed by atoms with Crippen LogP contribution >= 0.6 is 0 Å². The van der Waals surface area contributed by atoms with Crippen LogP contribution in [0.15, 0.2) is 0 Å². The second kappa shape index (κ2) is 2.72. The van der Waals surface area contributed by atoms with Gasteiger partial charge < -0.3 is 9.84 Å². The minimum atomic E-state index is -1.03. The second-order valence-electron chi connectivity index (χ2n) is 4.14. The Hall–Kier alpha value is -1.06. The Balaban J connectivity index is 2.93. The lowest BCUT2D eigenvalue weighted by molar-refractivity contribution is -0.171. The largest absolute Gasteiger partial charge is 0.481 e. The molecule has 74 valence electrons. The van der Waals surface area contributed by atoms with Crippen molar-refractivity contribution in [3.05, 3.63) is 0 Å². The number of carbonyl (C=O) groups is 2. The number of carboxylic acid groups (broad SMARTS) is 1. The van der Waals surface area contributed by atoms with Crippen molar-refractivity contribution < 1.29 is 19.4 Å². The maximum atomic E-state index is 10.9. The highest BCUT2D eigenvalue weighted by Crippen LogP contribution is 2.42. The summed E-state index contributed by atoms with van der Waals surface area (Å²) >= 11 is 0. The standard InChI is InChI=1S/C9H14O4/c1-8(2,7(11)12)9(3)5-4-6(10)13-9/h4-5H2,1-3H3,(H,11,12). The highest BCUT2D eigenvalue weighted by Gasteiger charge is 2.52. The summed E-state index contributed by atoms with van der Waals surface area (Å²) in [5.41, 5.74) is -1.89. The zero-order chi connectivity index (χ0) is 10.3. The Labute approximate surface area is 76.9 Å². The van der Waals surface area contributed by atoms with Gasteiger partial charge in [-0.1, -0.05) is 0 Å². The lowest BCUT2D eigenvalue weighted by Gasteiger charge is -2.35. The molecule has 1 aliphatic heterocycles. The fraction of sp³-hybridized carbons (Fsp3) is 0.778. The molecule has 4 nitrogen and oxygen atoms in total. The third kappa shape index (κ3) is 1.41. The third-order valence-corrected chi connectivity index (χ3v) is 3.00. The first-order valence-electron chi connectivity index (χ1n) is 4.25. The topological polar surface area (TPSA) is 63.6 Å². The van der Waals surface area contributed by atoms with Crippen molar-refractivity contribution in [3.63, 3.8) is 0 Å². The maximum Gasteiger partial charge on any atom is 0.313 e. The molecule has 0 amide bonds. The van der Waals surface area contributed by atoms with Crippen LogP contribution in [-0.2, 0) is 14.3 Å². The minimum Gasteiger partial charge on any atom is -0.481 e. The molecule has 1 atom stereocenters. The van der Waals surface area contributed by atoms with Crippen molar-refractivity contribution >= 4 is 11.9 Å². The Kier molecular flexibility index (Phi) is 2.10. The van der Waals surface area contributed by atoms with E-state index in [-0.39, 0.29) is 5.97 Å². The molecule has 0 radical (unpaired) electrons. The summed E-state index contributed by atoms with van der Waals surface area (Å²) in [5.74, 6) is -1.25. The van der Waals surface area contributed by atoms with Crippen LogP contribution in [0.1, 0.15) is 33.6 Å². The van der Waals surface area contributed by atoms with Gasteiger partial charge in [0, 0.05) is 6.42 Å². The van der Waals surface area contributed by atoms with Crippen molar-refractivity contribution in [3.8, 4) is 0 Å². The fourth-order valence-corrected chi connectivity index (χ4v) is 1.36. The molecular formula is C9H14O4. The molecule has 0 spiro atoms. The van der Waals surface area contributed by atoms with E-state index in [9.17, 15) is 9.59 Å². The molecule has 13 heavy (non-hydrogen) atoms. The average Bonchev–Trinajstić information content (AvgIpc) is 2.32. The summed E-state index contributed by atoms with van der Waals surface area (Å²) in [6, 6.07) is 0. The van der Waals surface area contributed by atoms with Gasteiger partial charge in [-0.15, -0.1) is 0 Å². The number of ether oxygens (including phenoxy) is 1. The summed E-state index contributed by atoms with van der Waals surface area (Å²) in [4.78, 5) is 21.8. The van der Waals surface area contributed by atoms with Crippen molar-refractivity contribution in [2.75, 3.05) is 0 Å². The van der Waals surface area contributed by atoms with Crippen molar-refractivity contribution in [2.24, 2.45) is 5.41 Å². The maximum absolute atomic E-state index is 10.9. The lowest BCUT2D eigenvalue weighted by Crippen LogP contribution is -2.47. The first-order chi connectivity index (χ1) is 5.79. The molecule has 1 aliphatic rings. The quantitative estimate of drug-likeness (QED) is 0.658. The molecule has 1 unspecified atom stereocenters. The van der Waals surface area contributed by atoms with Gasteiger partial charge in [-0.05, 0) is 27.2 Å². The third-order valence-electron chi connectivity index (χ3n) is 3.00. The van der Waals surface area contributed by atoms with Crippen LogP contribution < -0.4 is 0 Å². The van der Waals surface area contributed by atoms with Crippen molar-refractivity contribution in [2.45, 2.75) is 39.2 Å². The molecule has 1 fully saturated rings. The molecule has 1 rings (SSSR count). The molecule has 0 aromatic rings. The molecule has 0 aromatic carbocycles. The molecule has 1 heterocycles. The number of hydrogen-bond donors (Lipinski definition) is 1. The SMILES string of the molecule is CC1(C(C)(C)C(=O)O)CCC(=O)O1. The van der Waals surface area contributed by atoms with E-state index in [1.807, 2.05) is 0 Å². The number of aliphatic carboxylic acids is 1. The van der Waals surface area contributed by atoms with E-state index < -0.39 is 17.0 Å². The van der Waals surface area contributed by atoms with E-state index in [0.717, 1.165) is 0 Å². The zero-order valence-electron chi connectivity index (χ0n) is 8.09. The Morgan fingerprint density at radius 3 is 2.46 bits per heavy atom. The molecule has 1 N–H and O–H groups in total. The molecule has 4 heteroatoms. The molecule has 0 saturated carbocycles. The van der Waals surface area contributed by atoms with E-state index in [1.165, 1.54) is 0 Å². The number of esters is 1. The first-order valence-corrected chi connectivity index (χ1v) is 4.25. The van der Waals surface area contributed by atoms with Gasteiger partial charge in [-0.3, -0.25) is 9.59 Å². The monoisotopic (exact) mass is 186 g/mol. The normalized spacial score (nSPS) is 28.7. The second-order valence-corrected chi connectivity index (χ2v) is 4.14. The summed E-state index contributed by atoms with van der Waals surface area (Å²) < 4.78 is 5.06. The summed E-state index contributed by atoms with van der Waals surface area (Å²) in [6.07, 6.45) is 0.790. The van der Waals surface area contributed by atoms with Crippen LogP contribution in [0.25, 0.3) is 0 Å². The van der Waals surface area contributed by atoms with Crippen molar-refractivity contribution in [1.82, 2.24) is 0 Å². The predicted octanol–water partition coefficient (Wildman–Crippen LogP) is 1.19. The number of carboxylic acids is 1. The van der Waals surface area contributed by atoms with Crippen LogP contribution in [0.5, 0.6) is 0 Å². The Morgan fingerprint density at radius 2 is 2.15 bits per heavy atom. The van der Waals surface area contributed by atoms with Crippen LogP contribution in [0.3, 0.4) is 0 Å². The van der Waals surface area contributed by atoms with Crippen LogP contribution in [0.4, 0.5) is 0 Å². The van der Waals surface area contributed by atoms with E-state index in [1.54, 1.807) is 20.8 Å². The number of carbonyl (C=O) groups excluding carboxylic acids is 1. The van der Waals surface area contributed by atoms with Gasteiger partial charge in [0.25, 0.3) is 0 Å². The summed E-state index contributed by atoms with van der Waals surface area (Å²) in [7, 11) is 0. The molecule has 0 aromatic heterocycles. The van der Waals surface area contributed by atoms with Crippen LogP contribution in [0, 0.1) is 5.41 Å². The molecular weight excluding hydrogens is 172 g/mol. The average molecular weight is 186 g/mol. The van der Waals surface area contributed by atoms with Gasteiger partial charge in [0.05, 0.1) is 0 Å². The lowest BCUT2D eigenvalue weighted by atomic mass is 9.74. The van der Waals surface area contributed by atoms with Gasteiger partial charge in [0.1, 0.15) is 11.0 Å². The highest BCUT2D eigenvalue weighted by molar-refractivity contribution is 5.79. The minimum absolute atomic E-state index is 0.308. The van der Waals surface area contributed by atoms with Crippen LogP contribution in [-0.4, -0.2) is 22.6 Å². The van der Waals surface area contributed by atoms with E-state index in [0.29, 0.717) is 12.8 Å². The Bertz CT molecular complexity index is 256.